The molecule has 1 unspecified atom stereocenters. The van der Waals surface area contributed by atoms with E-state index in [1.54, 1.807) is 6.92 Å². The third kappa shape index (κ3) is 16.0. The van der Waals surface area contributed by atoms with Gasteiger partial charge in [-0.3, -0.25) is 4.79 Å². The topological polar surface area (TPSA) is 43.1 Å². The van der Waals surface area contributed by atoms with Gasteiger partial charge < -0.3 is 5.73 Å². The van der Waals surface area contributed by atoms with Crippen LogP contribution in [0.3, 0.4) is 0 Å². The van der Waals surface area contributed by atoms with Crippen LogP contribution in [0.2, 0.25) is 0 Å². The van der Waals surface area contributed by atoms with Gasteiger partial charge in [-0.2, -0.15) is 0 Å². The number of halogens is 1. The lowest BCUT2D eigenvalue weighted by atomic mass is 10.0. The van der Waals surface area contributed by atoms with E-state index in [9.17, 15) is 4.79 Å². The van der Waals surface area contributed by atoms with Crippen LogP contribution in [0.15, 0.2) is 34.8 Å². The van der Waals surface area contributed by atoms with Crippen molar-refractivity contribution in [2.24, 2.45) is 5.73 Å². The van der Waals surface area contributed by atoms with Crippen LogP contribution in [0.25, 0.3) is 0 Å². The average Bonchev–Trinajstić information content (AvgIpc) is 2.54. The van der Waals surface area contributed by atoms with Crippen LogP contribution in [0.5, 0.6) is 0 Å². The largest absolute Gasteiger partial charge is 0.322 e. The lowest BCUT2D eigenvalue weighted by Gasteiger charge is -2.06. The Bertz CT molecular complexity index is 380. The van der Waals surface area contributed by atoms with E-state index in [0.717, 1.165) is 17.3 Å². The molecule has 0 aliphatic heterocycles. The predicted octanol–water partition coefficient (Wildman–Crippen LogP) is 6.27. The van der Waals surface area contributed by atoms with E-state index < -0.39 is 0 Å². The van der Waals surface area contributed by atoms with Gasteiger partial charge in [0.1, 0.15) is 5.78 Å². The van der Waals surface area contributed by atoms with Crippen molar-refractivity contribution in [2.45, 2.75) is 84.1 Å². The second-order valence-electron chi connectivity index (χ2n) is 6.13. The fraction of sp³-hybridized carbons (Fsp3) is 0.650. The highest BCUT2D eigenvalue weighted by atomic mass is 79.9. The molecule has 23 heavy (non-hydrogen) atoms. The van der Waals surface area contributed by atoms with Gasteiger partial charge in [0.15, 0.2) is 0 Å². The number of hydrogen-bond acceptors (Lipinski definition) is 2. The summed E-state index contributed by atoms with van der Waals surface area (Å²) in [7, 11) is 0. The molecule has 1 aromatic rings. The van der Waals surface area contributed by atoms with Crippen LogP contribution < -0.4 is 5.73 Å². The van der Waals surface area contributed by atoms with Gasteiger partial charge in [-0.15, -0.1) is 0 Å². The zero-order valence-corrected chi connectivity index (χ0v) is 16.5. The maximum absolute atomic E-state index is 10.9. The standard InChI is InChI=1S/C14H29NO.C6H5Br/c1-3-4-5-6-7-8-9-10-11-12-14(15)13(2)16;7-6-4-2-1-3-5-6/h14H,3-12,15H2,1-2H3;1-5H. The molecule has 3 heteroatoms. The van der Waals surface area contributed by atoms with Crippen LogP contribution in [0, 0.1) is 0 Å². The molecule has 1 atom stereocenters. The van der Waals surface area contributed by atoms with E-state index in [-0.39, 0.29) is 11.8 Å². The number of nitrogens with two attached hydrogens (primary N) is 1. The maximum atomic E-state index is 10.9. The molecule has 0 amide bonds. The van der Waals surface area contributed by atoms with Crippen LogP contribution in [-0.2, 0) is 4.79 Å². The average molecular weight is 384 g/mol. The first-order valence-electron chi connectivity index (χ1n) is 9.04. The molecule has 2 nitrogen and oxygen atoms in total. The van der Waals surface area contributed by atoms with Gasteiger partial charge in [0.25, 0.3) is 0 Å². The molecule has 0 radical (unpaired) electrons. The van der Waals surface area contributed by atoms with Crippen LogP contribution in [0.1, 0.15) is 78.1 Å². The number of benzene rings is 1. The lowest BCUT2D eigenvalue weighted by molar-refractivity contribution is -0.118. The highest BCUT2D eigenvalue weighted by molar-refractivity contribution is 9.10. The fourth-order valence-corrected chi connectivity index (χ4v) is 2.60. The minimum atomic E-state index is -0.218. The quantitative estimate of drug-likeness (QED) is 0.457. The van der Waals surface area contributed by atoms with E-state index in [2.05, 4.69) is 22.9 Å². The Morgan fingerprint density at radius 2 is 1.43 bits per heavy atom. The molecule has 1 rings (SSSR count). The lowest BCUT2D eigenvalue weighted by Crippen LogP contribution is -2.27. The molecular weight excluding hydrogens is 350 g/mol. The highest BCUT2D eigenvalue weighted by Gasteiger charge is 2.06. The van der Waals surface area contributed by atoms with E-state index >= 15 is 0 Å². The Kier molecular flexibility index (Phi) is 15.7. The summed E-state index contributed by atoms with van der Waals surface area (Å²) in [6, 6.07) is 9.75. The van der Waals surface area contributed by atoms with Gasteiger partial charge in [-0.25, -0.2) is 0 Å². The van der Waals surface area contributed by atoms with Crippen molar-refractivity contribution >= 4 is 21.7 Å². The summed E-state index contributed by atoms with van der Waals surface area (Å²) in [5, 5.41) is 0. The Morgan fingerprint density at radius 3 is 1.83 bits per heavy atom. The van der Waals surface area contributed by atoms with Gasteiger partial charge in [-0.05, 0) is 25.5 Å². The zero-order valence-electron chi connectivity index (χ0n) is 14.9. The van der Waals surface area contributed by atoms with Gasteiger partial charge in [-0.1, -0.05) is 98.8 Å². The van der Waals surface area contributed by atoms with Gasteiger partial charge >= 0.3 is 0 Å². The van der Waals surface area contributed by atoms with Crippen LogP contribution in [0.4, 0.5) is 0 Å². The van der Waals surface area contributed by atoms with Crippen LogP contribution in [-0.4, -0.2) is 11.8 Å². The number of hydrogen-bond donors (Lipinski definition) is 1. The van der Waals surface area contributed by atoms with Crippen molar-refractivity contribution in [1.82, 2.24) is 0 Å². The molecule has 0 aromatic heterocycles. The number of unbranched alkanes of at least 4 members (excludes halogenated alkanes) is 8. The number of ketones is 1. The van der Waals surface area contributed by atoms with Crippen molar-refractivity contribution in [3.63, 3.8) is 0 Å². The first-order chi connectivity index (χ1) is 11.1. The minimum Gasteiger partial charge on any atom is -0.322 e. The monoisotopic (exact) mass is 383 g/mol. The zero-order chi connectivity index (χ0) is 17.3. The minimum absolute atomic E-state index is 0.125. The Hall–Kier alpha value is -0.670. The molecule has 132 valence electrons. The number of rotatable bonds is 11. The second-order valence-corrected chi connectivity index (χ2v) is 7.05. The first kappa shape index (κ1) is 22.3. The number of carbonyl (C=O) groups excluding carboxylic acids is 1. The summed E-state index contributed by atoms with van der Waals surface area (Å²) < 4.78 is 1.13. The number of carbonyl (C=O) groups is 1. The smallest absolute Gasteiger partial charge is 0.146 e. The van der Waals surface area contributed by atoms with Gasteiger partial charge in [0.05, 0.1) is 6.04 Å². The van der Waals surface area contributed by atoms with E-state index in [1.807, 2.05) is 30.3 Å². The Morgan fingerprint density at radius 1 is 0.957 bits per heavy atom. The third-order valence-electron chi connectivity index (χ3n) is 3.87. The first-order valence-corrected chi connectivity index (χ1v) is 9.83. The van der Waals surface area contributed by atoms with Gasteiger partial charge in [0.2, 0.25) is 0 Å². The molecule has 0 saturated carbocycles. The summed E-state index contributed by atoms with van der Waals surface area (Å²) in [4.78, 5) is 10.9. The highest BCUT2D eigenvalue weighted by Crippen LogP contribution is 2.11. The van der Waals surface area contributed by atoms with Crippen molar-refractivity contribution in [1.29, 1.82) is 0 Å². The van der Waals surface area contributed by atoms with Crippen molar-refractivity contribution in [3.8, 4) is 0 Å². The molecule has 2 N–H and O–H groups in total. The van der Waals surface area contributed by atoms with Crippen molar-refractivity contribution in [3.05, 3.63) is 34.8 Å². The normalized spacial score (nSPS) is 11.5. The Balaban J connectivity index is 0.000000568. The molecule has 0 aliphatic rings. The summed E-state index contributed by atoms with van der Waals surface area (Å²) in [5.41, 5.74) is 5.66. The Labute approximate surface area is 151 Å². The predicted molar refractivity (Wildman–Crippen MR) is 105 cm³/mol. The summed E-state index contributed by atoms with van der Waals surface area (Å²) in [6.45, 7) is 3.83. The summed E-state index contributed by atoms with van der Waals surface area (Å²) >= 11 is 3.31. The van der Waals surface area contributed by atoms with Gasteiger partial charge in [0, 0.05) is 4.47 Å². The molecule has 0 heterocycles. The van der Waals surface area contributed by atoms with E-state index in [1.165, 1.54) is 51.4 Å². The molecule has 0 spiro atoms. The molecule has 0 bridgehead atoms. The molecular formula is C20H34BrNO. The van der Waals surface area contributed by atoms with E-state index in [4.69, 9.17) is 5.73 Å². The molecule has 0 saturated heterocycles. The van der Waals surface area contributed by atoms with Crippen LogP contribution >= 0.6 is 15.9 Å². The molecule has 1 aromatic carbocycles. The second kappa shape index (κ2) is 16.2. The van der Waals surface area contributed by atoms with Crippen molar-refractivity contribution < 1.29 is 4.79 Å². The van der Waals surface area contributed by atoms with Crippen molar-refractivity contribution in [2.75, 3.05) is 0 Å². The maximum Gasteiger partial charge on any atom is 0.146 e. The fourth-order valence-electron chi connectivity index (χ4n) is 2.29. The summed E-state index contributed by atoms with van der Waals surface area (Å²) in [6.07, 6.45) is 12.7. The van der Waals surface area contributed by atoms with E-state index in [0.29, 0.717) is 0 Å². The molecule has 0 fully saturated rings. The SMILES string of the molecule is Brc1ccccc1.CCCCCCCCCCCC(N)C(C)=O. The molecule has 0 aliphatic carbocycles. The summed E-state index contributed by atoms with van der Waals surface area (Å²) in [5.74, 6) is 0.125. The number of Topliss-reactive ketones (excluding diaryl/α,β-unsaturated/α-hetero) is 1. The third-order valence-corrected chi connectivity index (χ3v) is 4.40.